The van der Waals surface area contributed by atoms with Crippen LogP contribution in [-0.4, -0.2) is 24.3 Å². The maximum absolute atomic E-state index is 12.8. The fraction of sp³-hybridized carbons (Fsp3) is 0.692. The molecule has 3 nitrogen and oxygen atoms in total. The average Bonchev–Trinajstić information content (AvgIpc) is 2.66. The Bertz CT molecular complexity index is 604. The Morgan fingerprint density at radius 2 is 1.66 bits per heavy atom. The van der Waals surface area contributed by atoms with Crippen LogP contribution in [0.25, 0.3) is 0 Å². The number of carbonyl (C=O) groups excluding carboxylic acids is 1. The smallest absolute Gasteiger partial charge is 0.331 e. The SMILES string of the molecule is CCCCC(CCC)OC(=O)C(/N=C/C(C)Cc1ccc(C(C)C)cc1)C(C)C. The Kier molecular flexibility index (Phi) is 11.9. The molecule has 0 bridgehead atoms. The van der Waals surface area contributed by atoms with Gasteiger partial charge in [-0.3, -0.25) is 4.99 Å². The molecule has 0 aliphatic rings. The van der Waals surface area contributed by atoms with E-state index in [-0.39, 0.29) is 23.9 Å². The summed E-state index contributed by atoms with van der Waals surface area (Å²) in [4.78, 5) is 17.4. The van der Waals surface area contributed by atoms with Crippen LogP contribution in [0.2, 0.25) is 0 Å². The standard InChI is InChI=1S/C26H43NO2/c1-8-10-12-24(11-9-2)29-26(28)25(20(5)6)27-18-21(7)17-22-13-15-23(16-14-22)19(3)4/h13-16,18-21,24-25H,8-12,17H2,1-7H3/b27-18+. The summed E-state index contributed by atoms with van der Waals surface area (Å²) in [6.07, 6.45) is 8.04. The van der Waals surface area contributed by atoms with Crippen LogP contribution in [0.3, 0.4) is 0 Å². The zero-order valence-electron chi connectivity index (χ0n) is 19.8. The van der Waals surface area contributed by atoms with Gasteiger partial charge in [-0.25, -0.2) is 4.79 Å². The zero-order valence-corrected chi connectivity index (χ0v) is 19.8. The van der Waals surface area contributed by atoms with Crippen LogP contribution in [0.15, 0.2) is 29.3 Å². The molecular weight excluding hydrogens is 358 g/mol. The van der Waals surface area contributed by atoms with E-state index >= 15 is 0 Å². The molecular formula is C26H43NO2. The number of ether oxygens (including phenoxy) is 1. The summed E-state index contributed by atoms with van der Waals surface area (Å²) in [5.74, 6) is 0.791. The number of esters is 1. The number of nitrogens with zero attached hydrogens (tertiary/aromatic N) is 1. The summed E-state index contributed by atoms with van der Waals surface area (Å²) in [5, 5.41) is 0. The van der Waals surface area contributed by atoms with E-state index in [2.05, 4.69) is 63.9 Å². The lowest BCUT2D eigenvalue weighted by atomic mass is 9.97. The van der Waals surface area contributed by atoms with Crippen molar-refractivity contribution < 1.29 is 9.53 Å². The summed E-state index contributed by atoms with van der Waals surface area (Å²) in [6.45, 7) is 15.0. The molecule has 0 aliphatic heterocycles. The minimum Gasteiger partial charge on any atom is -0.461 e. The Hall–Kier alpha value is -1.64. The van der Waals surface area contributed by atoms with Crippen molar-refractivity contribution >= 4 is 12.2 Å². The van der Waals surface area contributed by atoms with Crippen LogP contribution >= 0.6 is 0 Å². The molecule has 0 aromatic heterocycles. The van der Waals surface area contributed by atoms with Gasteiger partial charge in [0, 0.05) is 6.21 Å². The molecule has 1 aromatic rings. The Labute approximate surface area is 179 Å². The van der Waals surface area contributed by atoms with Gasteiger partial charge in [0.1, 0.15) is 12.1 Å². The normalized spacial score (nSPS) is 15.1. The van der Waals surface area contributed by atoms with Gasteiger partial charge in [-0.15, -0.1) is 0 Å². The zero-order chi connectivity index (χ0) is 21.8. The Morgan fingerprint density at radius 3 is 2.17 bits per heavy atom. The predicted octanol–water partition coefficient (Wildman–Crippen LogP) is 6.99. The second-order valence-electron chi connectivity index (χ2n) is 9.05. The van der Waals surface area contributed by atoms with Gasteiger partial charge >= 0.3 is 5.97 Å². The maximum atomic E-state index is 12.8. The second-order valence-corrected chi connectivity index (χ2v) is 9.05. The molecule has 0 radical (unpaired) electrons. The highest BCUT2D eigenvalue weighted by atomic mass is 16.5. The minimum absolute atomic E-state index is 0.0285. The van der Waals surface area contributed by atoms with Crippen LogP contribution in [0.5, 0.6) is 0 Å². The van der Waals surface area contributed by atoms with E-state index in [9.17, 15) is 4.79 Å². The molecule has 0 heterocycles. The van der Waals surface area contributed by atoms with Crippen LogP contribution in [0.4, 0.5) is 0 Å². The lowest BCUT2D eigenvalue weighted by molar-refractivity contribution is -0.152. The first-order chi connectivity index (χ1) is 13.8. The third kappa shape index (κ3) is 9.60. The molecule has 0 aliphatic carbocycles. The van der Waals surface area contributed by atoms with E-state index in [1.165, 1.54) is 11.1 Å². The van der Waals surface area contributed by atoms with Gasteiger partial charge in [0.05, 0.1) is 0 Å². The molecule has 3 unspecified atom stereocenters. The topological polar surface area (TPSA) is 38.7 Å². The lowest BCUT2D eigenvalue weighted by Crippen LogP contribution is -2.31. The van der Waals surface area contributed by atoms with E-state index in [0.717, 1.165) is 38.5 Å². The average molecular weight is 402 g/mol. The molecule has 3 atom stereocenters. The van der Waals surface area contributed by atoms with Crippen molar-refractivity contribution in [3.05, 3.63) is 35.4 Å². The van der Waals surface area contributed by atoms with Gasteiger partial charge < -0.3 is 4.74 Å². The van der Waals surface area contributed by atoms with E-state index in [4.69, 9.17) is 4.74 Å². The summed E-state index contributed by atoms with van der Waals surface area (Å²) in [7, 11) is 0. The van der Waals surface area contributed by atoms with E-state index in [0.29, 0.717) is 5.92 Å². The first kappa shape index (κ1) is 25.4. The van der Waals surface area contributed by atoms with Gasteiger partial charge in [0.2, 0.25) is 0 Å². The van der Waals surface area contributed by atoms with Crippen molar-refractivity contribution in [2.75, 3.05) is 0 Å². The predicted molar refractivity (Wildman–Crippen MR) is 125 cm³/mol. The minimum atomic E-state index is -0.415. The first-order valence-corrected chi connectivity index (χ1v) is 11.6. The molecule has 29 heavy (non-hydrogen) atoms. The molecule has 0 amide bonds. The fourth-order valence-electron chi connectivity index (χ4n) is 3.46. The number of hydrogen-bond acceptors (Lipinski definition) is 3. The van der Waals surface area contributed by atoms with Crippen molar-refractivity contribution in [3.63, 3.8) is 0 Å². The van der Waals surface area contributed by atoms with E-state index < -0.39 is 6.04 Å². The van der Waals surface area contributed by atoms with Gasteiger partial charge in [-0.2, -0.15) is 0 Å². The van der Waals surface area contributed by atoms with Gasteiger partial charge in [-0.05, 0) is 48.1 Å². The van der Waals surface area contributed by atoms with Gasteiger partial charge in [0.15, 0.2) is 0 Å². The van der Waals surface area contributed by atoms with Crippen molar-refractivity contribution in [3.8, 4) is 0 Å². The number of benzene rings is 1. The highest BCUT2D eigenvalue weighted by molar-refractivity contribution is 5.78. The maximum Gasteiger partial charge on any atom is 0.331 e. The third-order valence-electron chi connectivity index (χ3n) is 5.35. The number of hydrogen-bond donors (Lipinski definition) is 0. The fourth-order valence-corrected chi connectivity index (χ4v) is 3.46. The van der Waals surface area contributed by atoms with Crippen molar-refractivity contribution in [1.29, 1.82) is 0 Å². The summed E-state index contributed by atoms with van der Waals surface area (Å²) >= 11 is 0. The summed E-state index contributed by atoms with van der Waals surface area (Å²) < 4.78 is 5.85. The van der Waals surface area contributed by atoms with Crippen molar-refractivity contribution in [2.45, 2.75) is 105 Å². The molecule has 164 valence electrons. The summed E-state index contributed by atoms with van der Waals surface area (Å²) in [6, 6.07) is 8.42. The largest absolute Gasteiger partial charge is 0.461 e. The first-order valence-electron chi connectivity index (χ1n) is 11.6. The molecule has 0 N–H and O–H groups in total. The molecule has 1 aromatic carbocycles. The Balaban J connectivity index is 2.70. The quantitative estimate of drug-likeness (QED) is 0.264. The number of unbranched alkanes of at least 4 members (excludes halogenated alkanes) is 1. The highest BCUT2D eigenvalue weighted by Gasteiger charge is 2.25. The van der Waals surface area contributed by atoms with Gasteiger partial charge in [0.25, 0.3) is 0 Å². The third-order valence-corrected chi connectivity index (χ3v) is 5.35. The van der Waals surface area contributed by atoms with E-state index in [1.807, 2.05) is 20.1 Å². The van der Waals surface area contributed by atoms with Crippen LogP contribution in [0, 0.1) is 11.8 Å². The molecule has 0 fully saturated rings. The lowest BCUT2D eigenvalue weighted by Gasteiger charge is -2.22. The molecule has 0 spiro atoms. The number of aliphatic imine (C=N–C) groups is 1. The van der Waals surface area contributed by atoms with Crippen LogP contribution < -0.4 is 0 Å². The van der Waals surface area contributed by atoms with Crippen LogP contribution in [-0.2, 0) is 16.0 Å². The highest BCUT2D eigenvalue weighted by Crippen LogP contribution is 2.18. The molecule has 0 saturated heterocycles. The van der Waals surface area contributed by atoms with E-state index in [1.54, 1.807) is 0 Å². The second kappa shape index (κ2) is 13.6. The summed E-state index contributed by atoms with van der Waals surface area (Å²) in [5.41, 5.74) is 2.67. The van der Waals surface area contributed by atoms with Gasteiger partial charge in [-0.1, -0.05) is 92.0 Å². The molecule has 0 saturated carbocycles. The van der Waals surface area contributed by atoms with Crippen molar-refractivity contribution in [1.82, 2.24) is 0 Å². The van der Waals surface area contributed by atoms with Crippen molar-refractivity contribution in [2.24, 2.45) is 16.8 Å². The molecule has 1 rings (SSSR count). The number of rotatable bonds is 13. The Morgan fingerprint density at radius 1 is 1.00 bits per heavy atom. The number of carbonyl (C=O) groups is 1. The van der Waals surface area contributed by atoms with Crippen LogP contribution in [0.1, 0.15) is 97.6 Å². The molecule has 3 heteroatoms. The monoisotopic (exact) mass is 401 g/mol.